The van der Waals surface area contributed by atoms with Crippen LogP contribution in [0, 0.1) is 0 Å². The summed E-state index contributed by atoms with van der Waals surface area (Å²) in [6.07, 6.45) is 1.44. The van der Waals surface area contributed by atoms with Gasteiger partial charge in [0, 0.05) is 6.04 Å². The third-order valence-corrected chi connectivity index (χ3v) is 2.93. The Hall–Kier alpha value is -1.75. The van der Waals surface area contributed by atoms with Crippen LogP contribution in [-0.2, 0) is 0 Å². The van der Waals surface area contributed by atoms with Gasteiger partial charge in [0.2, 0.25) is 0 Å². The molecule has 1 aliphatic heterocycles. The summed E-state index contributed by atoms with van der Waals surface area (Å²) < 4.78 is 10.4. The summed E-state index contributed by atoms with van der Waals surface area (Å²) in [5.41, 5.74) is 0. The molecule has 2 N–H and O–H groups in total. The van der Waals surface area contributed by atoms with Crippen LogP contribution in [0.15, 0.2) is 24.3 Å². The average molecular weight is 250 g/mol. The first-order valence-electron chi connectivity index (χ1n) is 6.11. The third-order valence-electron chi connectivity index (χ3n) is 2.93. The highest BCUT2D eigenvalue weighted by atomic mass is 16.6. The molecule has 2 rings (SSSR count). The zero-order valence-electron chi connectivity index (χ0n) is 10.4. The van der Waals surface area contributed by atoms with Crippen molar-refractivity contribution in [3.8, 4) is 11.5 Å². The molecule has 1 aliphatic rings. The number of amides is 1. The van der Waals surface area contributed by atoms with Gasteiger partial charge in [-0.05, 0) is 38.1 Å². The number of benzene rings is 1. The molecule has 1 aromatic rings. The van der Waals surface area contributed by atoms with Crippen molar-refractivity contribution in [1.82, 2.24) is 10.6 Å². The van der Waals surface area contributed by atoms with Gasteiger partial charge in [0.05, 0.1) is 7.11 Å². The molecule has 18 heavy (non-hydrogen) atoms. The van der Waals surface area contributed by atoms with Crippen molar-refractivity contribution in [1.29, 1.82) is 0 Å². The molecular weight excluding hydrogens is 232 g/mol. The van der Waals surface area contributed by atoms with E-state index in [1.807, 2.05) is 6.07 Å². The molecule has 98 valence electrons. The smallest absolute Gasteiger partial charge is 0.412 e. The van der Waals surface area contributed by atoms with E-state index in [0.29, 0.717) is 11.5 Å². The van der Waals surface area contributed by atoms with E-state index in [4.69, 9.17) is 9.47 Å². The number of para-hydroxylation sites is 2. The molecule has 1 aromatic carbocycles. The topological polar surface area (TPSA) is 59.6 Å². The lowest BCUT2D eigenvalue weighted by atomic mass is 10.1. The first-order valence-corrected chi connectivity index (χ1v) is 6.11. The number of hydrogen-bond donors (Lipinski definition) is 2. The van der Waals surface area contributed by atoms with Crippen LogP contribution in [0.4, 0.5) is 4.79 Å². The van der Waals surface area contributed by atoms with Crippen LogP contribution in [-0.4, -0.2) is 32.3 Å². The van der Waals surface area contributed by atoms with Gasteiger partial charge < -0.3 is 20.1 Å². The minimum Gasteiger partial charge on any atom is -0.493 e. The molecule has 0 bridgehead atoms. The summed E-state index contributed by atoms with van der Waals surface area (Å²) in [6.45, 7) is 1.86. The molecule has 0 radical (unpaired) electrons. The highest BCUT2D eigenvalue weighted by molar-refractivity contribution is 5.71. The van der Waals surface area contributed by atoms with Crippen LogP contribution in [0.1, 0.15) is 12.8 Å². The average Bonchev–Trinajstić information content (AvgIpc) is 2.40. The minimum absolute atomic E-state index is 0.188. The first-order chi connectivity index (χ1) is 8.79. The fourth-order valence-corrected chi connectivity index (χ4v) is 1.97. The van der Waals surface area contributed by atoms with E-state index in [9.17, 15) is 4.79 Å². The Morgan fingerprint density at radius 3 is 2.61 bits per heavy atom. The fourth-order valence-electron chi connectivity index (χ4n) is 1.97. The Bertz CT molecular complexity index is 403. The summed E-state index contributed by atoms with van der Waals surface area (Å²) in [7, 11) is 1.55. The van der Waals surface area contributed by atoms with Crippen LogP contribution in [0.3, 0.4) is 0 Å². The largest absolute Gasteiger partial charge is 0.493 e. The number of hydrogen-bond acceptors (Lipinski definition) is 4. The SMILES string of the molecule is COc1ccccc1OC(=O)NC1CCNCC1. The maximum atomic E-state index is 11.7. The normalized spacial score (nSPS) is 16.1. The van der Waals surface area contributed by atoms with Crippen molar-refractivity contribution in [3.63, 3.8) is 0 Å². The highest BCUT2D eigenvalue weighted by Crippen LogP contribution is 2.25. The van der Waals surface area contributed by atoms with Crippen LogP contribution in [0.25, 0.3) is 0 Å². The number of rotatable bonds is 3. The molecule has 5 heteroatoms. The Morgan fingerprint density at radius 1 is 1.28 bits per heavy atom. The molecule has 0 aliphatic carbocycles. The predicted molar refractivity (Wildman–Crippen MR) is 68.0 cm³/mol. The van der Waals surface area contributed by atoms with Gasteiger partial charge in [0.15, 0.2) is 11.5 Å². The van der Waals surface area contributed by atoms with E-state index < -0.39 is 6.09 Å². The van der Waals surface area contributed by atoms with Crippen LogP contribution >= 0.6 is 0 Å². The zero-order valence-corrected chi connectivity index (χ0v) is 10.4. The van der Waals surface area contributed by atoms with E-state index >= 15 is 0 Å². The number of carbonyl (C=O) groups excluding carboxylic acids is 1. The molecule has 0 aromatic heterocycles. The van der Waals surface area contributed by atoms with E-state index in [1.54, 1.807) is 25.3 Å². The van der Waals surface area contributed by atoms with Gasteiger partial charge >= 0.3 is 6.09 Å². The lowest BCUT2D eigenvalue weighted by molar-refractivity contribution is 0.191. The Morgan fingerprint density at radius 2 is 1.94 bits per heavy atom. The van der Waals surface area contributed by atoms with Crippen molar-refractivity contribution < 1.29 is 14.3 Å². The molecule has 1 amide bonds. The number of carbonyl (C=O) groups is 1. The zero-order chi connectivity index (χ0) is 12.8. The van der Waals surface area contributed by atoms with E-state index in [1.165, 1.54) is 0 Å². The number of piperidine rings is 1. The second-order valence-corrected chi connectivity index (χ2v) is 4.21. The monoisotopic (exact) mass is 250 g/mol. The van der Waals surface area contributed by atoms with Crippen LogP contribution < -0.4 is 20.1 Å². The van der Waals surface area contributed by atoms with Gasteiger partial charge in [-0.1, -0.05) is 12.1 Å². The van der Waals surface area contributed by atoms with Crippen LogP contribution in [0.5, 0.6) is 11.5 Å². The molecular formula is C13H18N2O3. The maximum Gasteiger partial charge on any atom is 0.412 e. The quantitative estimate of drug-likeness (QED) is 0.854. The minimum atomic E-state index is -0.425. The summed E-state index contributed by atoms with van der Waals surface area (Å²) in [6, 6.07) is 7.29. The summed E-state index contributed by atoms with van der Waals surface area (Å²) in [4.78, 5) is 11.7. The lowest BCUT2D eigenvalue weighted by Crippen LogP contribution is -2.43. The molecule has 1 saturated heterocycles. The van der Waals surface area contributed by atoms with Crippen molar-refractivity contribution >= 4 is 6.09 Å². The van der Waals surface area contributed by atoms with Crippen molar-refractivity contribution in [3.05, 3.63) is 24.3 Å². The van der Waals surface area contributed by atoms with E-state index in [2.05, 4.69) is 10.6 Å². The predicted octanol–water partition coefficient (Wildman–Crippen LogP) is 1.54. The standard InChI is InChI=1S/C13H18N2O3/c1-17-11-4-2-3-5-12(11)18-13(16)15-10-6-8-14-9-7-10/h2-5,10,14H,6-9H2,1H3,(H,15,16). The molecule has 1 fully saturated rings. The van der Waals surface area contributed by atoms with Crippen molar-refractivity contribution in [2.75, 3.05) is 20.2 Å². The van der Waals surface area contributed by atoms with Crippen molar-refractivity contribution in [2.24, 2.45) is 0 Å². The Labute approximate surface area is 106 Å². The Kier molecular flexibility index (Phi) is 4.41. The molecule has 0 saturated carbocycles. The van der Waals surface area contributed by atoms with Gasteiger partial charge in [-0.3, -0.25) is 0 Å². The van der Waals surface area contributed by atoms with Crippen LogP contribution in [0.2, 0.25) is 0 Å². The van der Waals surface area contributed by atoms with Gasteiger partial charge in [-0.15, -0.1) is 0 Å². The first kappa shape index (κ1) is 12.7. The Balaban J connectivity index is 1.90. The van der Waals surface area contributed by atoms with Crippen molar-refractivity contribution in [2.45, 2.75) is 18.9 Å². The van der Waals surface area contributed by atoms with E-state index in [0.717, 1.165) is 25.9 Å². The number of ether oxygens (including phenoxy) is 2. The maximum absolute atomic E-state index is 11.7. The second kappa shape index (κ2) is 6.26. The number of nitrogens with one attached hydrogen (secondary N) is 2. The number of methoxy groups -OCH3 is 1. The molecule has 1 heterocycles. The molecule has 5 nitrogen and oxygen atoms in total. The summed E-state index contributed by atoms with van der Waals surface area (Å²) in [5, 5.41) is 6.11. The van der Waals surface area contributed by atoms with E-state index in [-0.39, 0.29) is 6.04 Å². The van der Waals surface area contributed by atoms with Gasteiger partial charge in [-0.25, -0.2) is 4.79 Å². The molecule has 0 spiro atoms. The third kappa shape index (κ3) is 3.37. The molecule has 0 atom stereocenters. The molecule has 0 unspecified atom stereocenters. The summed E-state index contributed by atoms with van der Waals surface area (Å²) in [5.74, 6) is 0.990. The second-order valence-electron chi connectivity index (χ2n) is 4.21. The van der Waals surface area contributed by atoms with Gasteiger partial charge in [-0.2, -0.15) is 0 Å². The lowest BCUT2D eigenvalue weighted by Gasteiger charge is -2.23. The fraction of sp³-hybridized carbons (Fsp3) is 0.462. The van der Waals surface area contributed by atoms with Gasteiger partial charge in [0.1, 0.15) is 0 Å². The highest BCUT2D eigenvalue weighted by Gasteiger charge is 2.17. The summed E-state index contributed by atoms with van der Waals surface area (Å²) >= 11 is 0. The van der Waals surface area contributed by atoms with Gasteiger partial charge in [0.25, 0.3) is 0 Å².